The SMILES string of the molecule is CNC(CCC1CCCc2cccnc21)c1ccccc1. The summed E-state index contributed by atoms with van der Waals surface area (Å²) < 4.78 is 0. The molecule has 2 nitrogen and oxygen atoms in total. The number of nitrogens with one attached hydrogen (secondary N) is 1. The molecule has 0 saturated carbocycles. The van der Waals surface area contributed by atoms with Gasteiger partial charge in [0.1, 0.15) is 0 Å². The van der Waals surface area contributed by atoms with Gasteiger partial charge in [0, 0.05) is 23.9 Å². The number of pyridine rings is 1. The molecule has 2 unspecified atom stereocenters. The topological polar surface area (TPSA) is 24.9 Å². The van der Waals surface area contributed by atoms with E-state index in [9.17, 15) is 0 Å². The number of fused-ring (bicyclic) bond motifs is 1. The maximum atomic E-state index is 4.66. The lowest BCUT2D eigenvalue weighted by molar-refractivity contribution is 0.442. The molecule has 1 aliphatic carbocycles. The Hall–Kier alpha value is -1.67. The normalized spacial score (nSPS) is 19.0. The van der Waals surface area contributed by atoms with Crippen LogP contribution < -0.4 is 5.32 Å². The minimum absolute atomic E-state index is 0.445. The van der Waals surface area contributed by atoms with E-state index in [2.05, 4.69) is 59.8 Å². The molecule has 0 amide bonds. The molecule has 2 aromatic rings. The van der Waals surface area contributed by atoms with Gasteiger partial charge in [-0.3, -0.25) is 4.98 Å². The Labute approximate surface area is 127 Å². The molecule has 3 rings (SSSR count). The average molecular weight is 280 g/mol. The van der Waals surface area contributed by atoms with E-state index < -0.39 is 0 Å². The van der Waals surface area contributed by atoms with Crippen LogP contribution in [0.3, 0.4) is 0 Å². The summed E-state index contributed by atoms with van der Waals surface area (Å²) in [4.78, 5) is 4.66. The fourth-order valence-corrected chi connectivity index (χ4v) is 3.52. The highest BCUT2D eigenvalue weighted by Crippen LogP contribution is 2.35. The summed E-state index contributed by atoms with van der Waals surface area (Å²) in [5.41, 5.74) is 4.21. The van der Waals surface area contributed by atoms with Crippen LogP contribution in [0.2, 0.25) is 0 Å². The standard InChI is InChI=1S/C19H24N2/c1-20-18(15-7-3-2-4-8-15)13-12-17-10-5-9-16-11-6-14-21-19(16)17/h2-4,6-8,11,14,17-18,20H,5,9-10,12-13H2,1H3. The van der Waals surface area contributed by atoms with Crippen molar-refractivity contribution >= 4 is 0 Å². The molecule has 2 heteroatoms. The van der Waals surface area contributed by atoms with Gasteiger partial charge in [0.05, 0.1) is 0 Å². The van der Waals surface area contributed by atoms with E-state index in [1.165, 1.54) is 48.9 Å². The second-order valence-corrected chi connectivity index (χ2v) is 5.97. The first-order valence-corrected chi connectivity index (χ1v) is 8.04. The zero-order valence-corrected chi connectivity index (χ0v) is 12.8. The predicted molar refractivity (Wildman–Crippen MR) is 87.4 cm³/mol. The molecule has 0 radical (unpaired) electrons. The van der Waals surface area contributed by atoms with Crippen molar-refractivity contribution in [1.82, 2.24) is 10.3 Å². The van der Waals surface area contributed by atoms with Crippen molar-refractivity contribution in [2.24, 2.45) is 0 Å². The molecule has 110 valence electrons. The minimum atomic E-state index is 0.445. The predicted octanol–water partition coefficient (Wildman–Crippen LogP) is 4.24. The van der Waals surface area contributed by atoms with E-state index in [1.54, 1.807) is 0 Å². The molecule has 0 saturated heterocycles. The first-order chi connectivity index (χ1) is 10.4. The molecule has 21 heavy (non-hydrogen) atoms. The van der Waals surface area contributed by atoms with Gasteiger partial charge < -0.3 is 5.32 Å². The van der Waals surface area contributed by atoms with Gasteiger partial charge in [0.25, 0.3) is 0 Å². The number of aromatic nitrogens is 1. The summed E-state index contributed by atoms with van der Waals surface area (Å²) in [6.45, 7) is 0. The largest absolute Gasteiger partial charge is 0.313 e. The van der Waals surface area contributed by atoms with Gasteiger partial charge in [-0.25, -0.2) is 0 Å². The molecule has 1 heterocycles. The molecule has 1 N–H and O–H groups in total. The van der Waals surface area contributed by atoms with Crippen LogP contribution in [0.4, 0.5) is 0 Å². The van der Waals surface area contributed by atoms with Crippen LogP contribution in [-0.4, -0.2) is 12.0 Å². The summed E-state index contributed by atoms with van der Waals surface area (Å²) in [5.74, 6) is 0.634. The molecular formula is C19H24N2. The van der Waals surface area contributed by atoms with Crippen LogP contribution in [0, 0.1) is 0 Å². The number of benzene rings is 1. The van der Waals surface area contributed by atoms with Gasteiger partial charge in [-0.15, -0.1) is 0 Å². The average Bonchev–Trinajstić information content (AvgIpc) is 2.56. The molecule has 1 aromatic carbocycles. The number of aryl methyl sites for hydroxylation is 1. The van der Waals surface area contributed by atoms with Crippen LogP contribution in [-0.2, 0) is 6.42 Å². The van der Waals surface area contributed by atoms with E-state index in [-0.39, 0.29) is 0 Å². The number of rotatable bonds is 5. The van der Waals surface area contributed by atoms with Crippen molar-refractivity contribution in [3.05, 3.63) is 65.5 Å². The molecule has 0 fully saturated rings. The summed E-state index contributed by atoms with van der Waals surface area (Å²) >= 11 is 0. The van der Waals surface area contributed by atoms with Gasteiger partial charge >= 0.3 is 0 Å². The van der Waals surface area contributed by atoms with Crippen LogP contribution in [0.25, 0.3) is 0 Å². The Morgan fingerprint density at radius 1 is 1.19 bits per heavy atom. The van der Waals surface area contributed by atoms with Crippen molar-refractivity contribution in [3.63, 3.8) is 0 Å². The van der Waals surface area contributed by atoms with E-state index in [4.69, 9.17) is 0 Å². The zero-order valence-electron chi connectivity index (χ0n) is 12.8. The van der Waals surface area contributed by atoms with Gasteiger partial charge in [-0.2, -0.15) is 0 Å². The highest BCUT2D eigenvalue weighted by atomic mass is 14.9. The third kappa shape index (κ3) is 3.33. The van der Waals surface area contributed by atoms with Crippen molar-refractivity contribution in [2.75, 3.05) is 7.05 Å². The maximum absolute atomic E-state index is 4.66. The first-order valence-electron chi connectivity index (χ1n) is 8.04. The van der Waals surface area contributed by atoms with Crippen molar-refractivity contribution in [1.29, 1.82) is 0 Å². The lowest BCUT2D eigenvalue weighted by atomic mass is 9.82. The van der Waals surface area contributed by atoms with Gasteiger partial charge in [-0.1, -0.05) is 36.4 Å². The van der Waals surface area contributed by atoms with E-state index in [1.807, 2.05) is 6.20 Å². The smallest absolute Gasteiger partial charge is 0.0466 e. The molecule has 2 atom stereocenters. The van der Waals surface area contributed by atoms with Gasteiger partial charge in [0.15, 0.2) is 0 Å². The molecule has 0 aliphatic heterocycles. The Kier molecular flexibility index (Phi) is 4.66. The summed E-state index contributed by atoms with van der Waals surface area (Å²) in [5, 5.41) is 3.46. The fraction of sp³-hybridized carbons (Fsp3) is 0.421. The monoisotopic (exact) mass is 280 g/mol. The molecule has 0 spiro atoms. The lowest BCUT2D eigenvalue weighted by Crippen LogP contribution is -2.19. The lowest BCUT2D eigenvalue weighted by Gasteiger charge is -2.26. The molecule has 0 bridgehead atoms. The van der Waals surface area contributed by atoms with Crippen LogP contribution in [0.5, 0.6) is 0 Å². The van der Waals surface area contributed by atoms with Crippen LogP contribution in [0.15, 0.2) is 48.7 Å². The number of nitrogens with zero attached hydrogens (tertiary/aromatic N) is 1. The molecular weight excluding hydrogens is 256 g/mol. The Bertz CT molecular complexity index is 565. The maximum Gasteiger partial charge on any atom is 0.0466 e. The minimum Gasteiger partial charge on any atom is -0.313 e. The highest BCUT2D eigenvalue weighted by Gasteiger charge is 2.22. The fourth-order valence-electron chi connectivity index (χ4n) is 3.52. The Morgan fingerprint density at radius 3 is 2.86 bits per heavy atom. The Balaban J connectivity index is 1.68. The zero-order chi connectivity index (χ0) is 14.5. The first kappa shape index (κ1) is 14.3. The summed E-state index contributed by atoms with van der Waals surface area (Å²) in [6.07, 6.45) is 8.12. The molecule has 1 aromatic heterocycles. The summed E-state index contributed by atoms with van der Waals surface area (Å²) in [6, 6.07) is 15.5. The van der Waals surface area contributed by atoms with E-state index >= 15 is 0 Å². The third-order valence-electron chi connectivity index (χ3n) is 4.67. The Morgan fingerprint density at radius 2 is 2.05 bits per heavy atom. The van der Waals surface area contributed by atoms with Crippen molar-refractivity contribution in [3.8, 4) is 0 Å². The second kappa shape index (κ2) is 6.86. The quantitative estimate of drug-likeness (QED) is 0.886. The van der Waals surface area contributed by atoms with Gasteiger partial charge in [0.2, 0.25) is 0 Å². The third-order valence-corrected chi connectivity index (χ3v) is 4.67. The number of hydrogen-bond acceptors (Lipinski definition) is 2. The van der Waals surface area contributed by atoms with E-state index in [0.29, 0.717) is 12.0 Å². The van der Waals surface area contributed by atoms with Crippen molar-refractivity contribution < 1.29 is 0 Å². The van der Waals surface area contributed by atoms with Crippen molar-refractivity contribution in [2.45, 2.75) is 44.1 Å². The van der Waals surface area contributed by atoms with Gasteiger partial charge in [-0.05, 0) is 56.3 Å². The second-order valence-electron chi connectivity index (χ2n) is 5.97. The summed E-state index contributed by atoms with van der Waals surface area (Å²) in [7, 11) is 2.06. The molecule has 1 aliphatic rings. The highest BCUT2D eigenvalue weighted by molar-refractivity contribution is 5.26. The van der Waals surface area contributed by atoms with E-state index in [0.717, 1.165) is 0 Å². The number of hydrogen-bond donors (Lipinski definition) is 1. The van der Waals surface area contributed by atoms with Crippen LogP contribution >= 0.6 is 0 Å². The van der Waals surface area contributed by atoms with Crippen LogP contribution in [0.1, 0.15) is 54.5 Å².